The molecule has 2 N–H and O–H groups in total. The largest absolute Gasteiger partial charge is 0.357 e. The number of halogens is 1. The average molecular weight is 409 g/mol. The molecular formula is C19H29BrN4O. The quantitative estimate of drug-likeness (QED) is 0.561. The van der Waals surface area contributed by atoms with Crippen molar-refractivity contribution in [2.75, 3.05) is 27.2 Å². The number of hydrogen-bond acceptors (Lipinski definition) is 2. The molecule has 1 amide bonds. The van der Waals surface area contributed by atoms with E-state index >= 15 is 0 Å². The SMILES string of the molecule is CCNC(=NCc1ccc(Br)cc1)NCC1(C(=O)N(C)C)CCCC1. The van der Waals surface area contributed by atoms with Crippen molar-refractivity contribution in [1.82, 2.24) is 15.5 Å². The summed E-state index contributed by atoms with van der Waals surface area (Å²) in [5, 5.41) is 6.68. The molecule has 0 saturated heterocycles. The monoisotopic (exact) mass is 408 g/mol. The second kappa shape index (κ2) is 9.22. The normalized spacial score (nSPS) is 16.6. The molecule has 1 aromatic rings. The van der Waals surface area contributed by atoms with E-state index in [1.807, 2.05) is 33.2 Å². The number of carbonyl (C=O) groups excluding carboxylic acids is 1. The molecule has 6 heteroatoms. The van der Waals surface area contributed by atoms with Crippen LogP contribution in [0.3, 0.4) is 0 Å². The van der Waals surface area contributed by atoms with Crippen molar-refractivity contribution >= 4 is 27.8 Å². The van der Waals surface area contributed by atoms with Crippen LogP contribution < -0.4 is 10.6 Å². The van der Waals surface area contributed by atoms with E-state index in [1.54, 1.807) is 4.90 Å². The molecule has 25 heavy (non-hydrogen) atoms. The first kappa shape index (κ1) is 19.8. The zero-order chi connectivity index (χ0) is 18.3. The van der Waals surface area contributed by atoms with Crippen LogP contribution in [0.15, 0.2) is 33.7 Å². The lowest BCUT2D eigenvalue weighted by molar-refractivity contribution is -0.138. The summed E-state index contributed by atoms with van der Waals surface area (Å²) in [4.78, 5) is 19.1. The molecule has 0 heterocycles. The Hall–Kier alpha value is -1.56. The Bertz CT molecular complexity index is 592. The van der Waals surface area contributed by atoms with E-state index in [1.165, 1.54) is 0 Å². The summed E-state index contributed by atoms with van der Waals surface area (Å²) in [5.41, 5.74) is 0.859. The van der Waals surface area contributed by atoms with Crippen LogP contribution in [0.25, 0.3) is 0 Å². The first-order valence-corrected chi connectivity index (χ1v) is 9.74. The predicted octanol–water partition coefficient (Wildman–Crippen LogP) is 3.15. The number of amides is 1. The van der Waals surface area contributed by atoms with Crippen LogP contribution in [-0.2, 0) is 11.3 Å². The molecule has 138 valence electrons. The van der Waals surface area contributed by atoms with Crippen molar-refractivity contribution in [2.24, 2.45) is 10.4 Å². The maximum Gasteiger partial charge on any atom is 0.230 e. The molecule has 0 unspecified atom stereocenters. The van der Waals surface area contributed by atoms with Gasteiger partial charge in [-0.3, -0.25) is 4.79 Å². The maximum absolute atomic E-state index is 12.7. The van der Waals surface area contributed by atoms with E-state index in [0.29, 0.717) is 13.1 Å². The molecule has 0 spiro atoms. The topological polar surface area (TPSA) is 56.7 Å². The molecule has 1 fully saturated rings. The Morgan fingerprint density at radius 3 is 2.40 bits per heavy atom. The molecule has 2 rings (SSSR count). The van der Waals surface area contributed by atoms with Gasteiger partial charge in [0.25, 0.3) is 0 Å². The van der Waals surface area contributed by atoms with Crippen molar-refractivity contribution in [3.05, 3.63) is 34.3 Å². The van der Waals surface area contributed by atoms with Gasteiger partial charge in [0, 0.05) is 31.7 Å². The molecule has 1 aliphatic rings. The van der Waals surface area contributed by atoms with Gasteiger partial charge in [-0.1, -0.05) is 40.9 Å². The highest BCUT2D eigenvalue weighted by Gasteiger charge is 2.42. The zero-order valence-corrected chi connectivity index (χ0v) is 17.0. The molecule has 0 atom stereocenters. The second-order valence-electron chi connectivity index (χ2n) is 6.86. The Labute approximate surface area is 159 Å². The summed E-state index contributed by atoms with van der Waals surface area (Å²) >= 11 is 3.45. The predicted molar refractivity (Wildman–Crippen MR) is 107 cm³/mol. The number of aliphatic imine (C=N–C) groups is 1. The van der Waals surface area contributed by atoms with Crippen LogP contribution in [0.1, 0.15) is 38.2 Å². The molecular weight excluding hydrogens is 380 g/mol. The van der Waals surface area contributed by atoms with Gasteiger partial charge < -0.3 is 15.5 Å². The van der Waals surface area contributed by atoms with Gasteiger partial charge in [-0.05, 0) is 37.5 Å². The van der Waals surface area contributed by atoms with Gasteiger partial charge in [0.1, 0.15) is 0 Å². The Morgan fingerprint density at radius 2 is 1.84 bits per heavy atom. The van der Waals surface area contributed by atoms with Gasteiger partial charge in [-0.25, -0.2) is 4.99 Å². The molecule has 0 radical (unpaired) electrons. The third-order valence-corrected chi connectivity index (χ3v) is 5.22. The van der Waals surface area contributed by atoms with Crippen LogP contribution in [0, 0.1) is 5.41 Å². The molecule has 1 saturated carbocycles. The minimum atomic E-state index is -0.294. The molecule has 1 aromatic carbocycles. The highest BCUT2D eigenvalue weighted by Crippen LogP contribution is 2.38. The van der Waals surface area contributed by atoms with Gasteiger partial charge in [0.2, 0.25) is 5.91 Å². The fourth-order valence-corrected chi connectivity index (χ4v) is 3.61. The minimum Gasteiger partial charge on any atom is -0.357 e. The van der Waals surface area contributed by atoms with E-state index in [2.05, 4.69) is 43.7 Å². The second-order valence-corrected chi connectivity index (χ2v) is 7.78. The van der Waals surface area contributed by atoms with Crippen molar-refractivity contribution in [1.29, 1.82) is 0 Å². The highest BCUT2D eigenvalue weighted by atomic mass is 79.9. The summed E-state index contributed by atoms with van der Waals surface area (Å²) < 4.78 is 1.07. The smallest absolute Gasteiger partial charge is 0.230 e. The maximum atomic E-state index is 12.7. The number of nitrogens with one attached hydrogen (secondary N) is 2. The highest BCUT2D eigenvalue weighted by molar-refractivity contribution is 9.10. The van der Waals surface area contributed by atoms with E-state index in [4.69, 9.17) is 0 Å². The van der Waals surface area contributed by atoms with Gasteiger partial charge in [0.15, 0.2) is 5.96 Å². The Morgan fingerprint density at radius 1 is 1.20 bits per heavy atom. The van der Waals surface area contributed by atoms with E-state index in [-0.39, 0.29) is 11.3 Å². The van der Waals surface area contributed by atoms with Crippen LogP contribution in [0.5, 0.6) is 0 Å². The molecule has 0 aliphatic heterocycles. The van der Waals surface area contributed by atoms with Gasteiger partial charge in [-0.15, -0.1) is 0 Å². The standard InChI is InChI=1S/C19H29BrN4O/c1-4-21-18(22-13-15-7-9-16(20)10-8-15)23-14-19(11-5-6-12-19)17(25)24(2)3/h7-10H,4-6,11-14H2,1-3H3,(H2,21,22,23). The van der Waals surface area contributed by atoms with E-state index in [0.717, 1.165) is 48.2 Å². The minimum absolute atomic E-state index is 0.223. The van der Waals surface area contributed by atoms with Crippen LogP contribution in [-0.4, -0.2) is 44.0 Å². The van der Waals surface area contributed by atoms with Crippen molar-refractivity contribution in [3.63, 3.8) is 0 Å². The average Bonchev–Trinajstić information content (AvgIpc) is 3.08. The number of carbonyl (C=O) groups is 1. The lowest BCUT2D eigenvalue weighted by Crippen LogP contribution is -2.49. The Kier molecular flexibility index (Phi) is 7.29. The third kappa shape index (κ3) is 5.46. The molecule has 0 bridgehead atoms. The fraction of sp³-hybridized carbons (Fsp3) is 0.579. The number of hydrogen-bond donors (Lipinski definition) is 2. The third-order valence-electron chi connectivity index (χ3n) is 4.69. The summed E-state index contributed by atoms with van der Waals surface area (Å²) in [7, 11) is 3.68. The van der Waals surface area contributed by atoms with Crippen LogP contribution in [0.2, 0.25) is 0 Å². The molecule has 0 aromatic heterocycles. The van der Waals surface area contributed by atoms with E-state index < -0.39 is 0 Å². The van der Waals surface area contributed by atoms with Crippen LogP contribution in [0.4, 0.5) is 0 Å². The van der Waals surface area contributed by atoms with Gasteiger partial charge in [0.05, 0.1) is 12.0 Å². The summed E-state index contributed by atoms with van der Waals surface area (Å²) in [6.07, 6.45) is 4.13. The lowest BCUT2D eigenvalue weighted by atomic mass is 9.84. The van der Waals surface area contributed by atoms with Gasteiger partial charge >= 0.3 is 0 Å². The van der Waals surface area contributed by atoms with Gasteiger partial charge in [-0.2, -0.15) is 0 Å². The van der Waals surface area contributed by atoms with Crippen molar-refractivity contribution in [3.8, 4) is 0 Å². The van der Waals surface area contributed by atoms with Crippen molar-refractivity contribution < 1.29 is 4.79 Å². The van der Waals surface area contributed by atoms with Crippen LogP contribution >= 0.6 is 15.9 Å². The number of benzene rings is 1. The molecule has 1 aliphatic carbocycles. The number of rotatable bonds is 6. The number of nitrogens with zero attached hydrogens (tertiary/aromatic N) is 2. The summed E-state index contributed by atoms with van der Waals surface area (Å²) in [5.74, 6) is 0.990. The van der Waals surface area contributed by atoms with E-state index in [9.17, 15) is 4.79 Å². The lowest BCUT2D eigenvalue weighted by Gasteiger charge is -2.31. The summed E-state index contributed by atoms with van der Waals surface area (Å²) in [6.45, 7) is 4.08. The fourth-order valence-electron chi connectivity index (χ4n) is 3.35. The first-order valence-electron chi connectivity index (χ1n) is 8.95. The van der Waals surface area contributed by atoms with Crippen molar-refractivity contribution in [2.45, 2.75) is 39.2 Å². The first-order chi connectivity index (χ1) is 12.0. The Balaban J connectivity index is 2.03. The summed E-state index contributed by atoms with van der Waals surface area (Å²) in [6, 6.07) is 8.17. The zero-order valence-electron chi connectivity index (χ0n) is 15.4. The number of guanidine groups is 1. The molecule has 5 nitrogen and oxygen atoms in total.